The molecule has 0 saturated heterocycles. The second-order valence-electron chi connectivity index (χ2n) is 4.56. The van der Waals surface area contributed by atoms with Gasteiger partial charge in [0, 0.05) is 12.4 Å². The first-order valence-electron chi connectivity index (χ1n) is 6.13. The van der Waals surface area contributed by atoms with Gasteiger partial charge < -0.3 is 5.11 Å². The summed E-state index contributed by atoms with van der Waals surface area (Å²) in [6.07, 6.45) is -1.44. The number of para-hydroxylation sites is 1. The maximum atomic E-state index is 13.8. The highest BCUT2D eigenvalue weighted by atomic mass is 19.1. The molecule has 0 aliphatic rings. The van der Waals surface area contributed by atoms with Crippen molar-refractivity contribution in [3.63, 3.8) is 0 Å². The summed E-state index contributed by atoms with van der Waals surface area (Å²) in [7, 11) is 1.72. The third-order valence-electron chi connectivity index (χ3n) is 3.32. The van der Waals surface area contributed by atoms with Crippen LogP contribution in [0.2, 0.25) is 0 Å². The number of hydrogen-bond donors (Lipinski definition) is 1. The van der Waals surface area contributed by atoms with Crippen LogP contribution in [0, 0.1) is 11.6 Å². The lowest BCUT2D eigenvalue weighted by Gasteiger charge is -2.11. The van der Waals surface area contributed by atoms with Crippen LogP contribution in [-0.4, -0.2) is 14.9 Å². The first-order valence-corrected chi connectivity index (χ1v) is 6.13. The average Bonchev–Trinajstić information content (AvgIpc) is 2.76. The van der Waals surface area contributed by atoms with Crippen molar-refractivity contribution < 1.29 is 13.9 Å². The van der Waals surface area contributed by atoms with Crippen molar-refractivity contribution in [1.82, 2.24) is 9.78 Å². The summed E-state index contributed by atoms with van der Waals surface area (Å²) in [6.45, 7) is 0. The Kier molecular flexibility index (Phi) is 2.99. The molecule has 20 heavy (non-hydrogen) atoms. The number of rotatable bonds is 2. The number of nitrogens with zero attached hydrogens (tertiary/aromatic N) is 2. The number of benzene rings is 2. The normalized spacial score (nSPS) is 12.8. The molecule has 1 atom stereocenters. The van der Waals surface area contributed by atoms with E-state index < -0.39 is 17.7 Å². The van der Waals surface area contributed by atoms with E-state index in [9.17, 15) is 13.9 Å². The lowest BCUT2D eigenvalue weighted by Crippen LogP contribution is -2.07. The quantitative estimate of drug-likeness (QED) is 0.780. The molecule has 0 bridgehead atoms. The van der Waals surface area contributed by atoms with Crippen LogP contribution in [0.5, 0.6) is 0 Å². The third kappa shape index (κ3) is 1.87. The summed E-state index contributed by atoms with van der Waals surface area (Å²) in [5.74, 6) is -1.57. The highest BCUT2D eigenvalue weighted by Gasteiger charge is 2.24. The number of aryl methyl sites for hydroxylation is 1. The van der Waals surface area contributed by atoms with Crippen LogP contribution in [0.4, 0.5) is 8.78 Å². The number of fused-ring (bicyclic) bond motifs is 1. The van der Waals surface area contributed by atoms with Crippen molar-refractivity contribution in [3.05, 3.63) is 65.4 Å². The highest BCUT2D eigenvalue weighted by molar-refractivity contribution is 5.82. The molecule has 0 saturated carbocycles. The summed E-state index contributed by atoms with van der Waals surface area (Å²) < 4.78 is 29.1. The van der Waals surface area contributed by atoms with E-state index in [1.807, 2.05) is 12.1 Å². The van der Waals surface area contributed by atoms with Crippen molar-refractivity contribution in [1.29, 1.82) is 0 Å². The van der Waals surface area contributed by atoms with E-state index in [1.54, 1.807) is 23.9 Å². The molecule has 1 N–H and O–H groups in total. The number of hydrogen-bond acceptors (Lipinski definition) is 2. The van der Waals surface area contributed by atoms with Crippen LogP contribution in [0.1, 0.15) is 17.4 Å². The Bertz CT molecular complexity index is 762. The minimum Gasteiger partial charge on any atom is -0.382 e. The smallest absolute Gasteiger partial charge is 0.132 e. The average molecular weight is 274 g/mol. The van der Waals surface area contributed by atoms with Crippen LogP contribution in [0.25, 0.3) is 10.9 Å². The topological polar surface area (TPSA) is 38.0 Å². The molecule has 1 heterocycles. The molecule has 0 aliphatic heterocycles. The molecule has 0 fully saturated rings. The zero-order chi connectivity index (χ0) is 14.3. The number of aliphatic hydroxyl groups is 1. The van der Waals surface area contributed by atoms with Gasteiger partial charge in [0.05, 0.1) is 11.1 Å². The summed E-state index contributed by atoms with van der Waals surface area (Å²) in [5.41, 5.74) is 0.654. The predicted molar refractivity (Wildman–Crippen MR) is 71.1 cm³/mol. The van der Waals surface area contributed by atoms with E-state index in [0.29, 0.717) is 5.39 Å². The van der Waals surface area contributed by atoms with Gasteiger partial charge >= 0.3 is 0 Å². The van der Waals surface area contributed by atoms with Crippen molar-refractivity contribution in [2.45, 2.75) is 6.10 Å². The van der Waals surface area contributed by atoms with Crippen LogP contribution >= 0.6 is 0 Å². The van der Waals surface area contributed by atoms with Gasteiger partial charge in [0.15, 0.2) is 0 Å². The molecule has 0 aliphatic carbocycles. The Morgan fingerprint density at radius 2 is 1.70 bits per heavy atom. The van der Waals surface area contributed by atoms with E-state index in [0.717, 1.165) is 17.6 Å². The van der Waals surface area contributed by atoms with E-state index in [4.69, 9.17) is 0 Å². The fraction of sp³-hybridized carbons (Fsp3) is 0.133. The first-order chi connectivity index (χ1) is 9.59. The summed E-state index contributed by atoms with van der Waals surface area (Å²) >= 11 is 0. The van der Waals surface area contributed by atoms with Gasteiger partial charge in [-0.25, -0.2) is 8.78 Å². The maximum absolute atomic E-state index is 13.8. The van der Waals surface area contributed by atoms with Crippen molar-refractivity contribution in [3.8, 4) is 0 Å². The molecule has 102 valence electrons. The molecule has 3 aromatic rings. The van der Waals surface area contributed by atoms with Gasteiger partial charge in [-0.15, -0.1) is 0 Å². The van der Waals surface area contributed by atoms with Gasteiger partial charge in [0.25, 0.3) is 0 Å². The third-order valence-corrected chi connectivity index (χ3v) is 3.32. The van der Waals surface area contributed by atoms with Gasteiger partial charge in [0.2, 0.25) is 0 Å². The van der Waals surface area contributed by atoms with E-state index in [1.165, 1.54) is 6.07 Å². The molecular formula is C15H12F2N2O. The molecule has 0 radical (unpaired) electrons. The fourth-order valence-corrected chi connectivity index (χ4v) is 2.35. The monoisotopic (exact) mass is 274 g/mol. The number of aliphatic hydroxyl groups excluding tert-OH is 1. The van der Waals surface area contributed by atoms with Crippen LogP contribution < -0.4 is 0 Å². The van der Waals surface area contributed by atoms with Gasteiger partial charge in [-0.1, -0.05) is 24.3 Å². The maximum Gasteiger partial charge on any atom is 0.132 e. The zero-order valence-corrected chi connectivity index (χ0v) is 10.7. The number of aromatic nitrogens is 2. The van der Waals surface area contributed by atoms with Crippen LogP contribution in [0.3, 0.4) is 0 Å². The van der Waals surface area contributed by atoms with E-state index >= 15 is 0 Å². The Morgan fingerprint density at radius 1 is 1.05 bits per heavy atom. The fourth-order valence-electron chi connectivity index (χ4n) is 2.35. The number of halogens is 2. The van der Waals surface area contributed by atoms with Crippen LogP contribution in [0.15, 0.2) is 42.5 Å². The van der Waals surface area contributed by atoms with E-state index in [-0.39, 0.29) is 11.3 Å². The molecule has 3 nitrogen and oxygen atoms in total. The van der Waals surface area contributed by atoms with Crippen molar-refractivity contribution >= 4 is 10.9 Å². The zero-order valence-electron chi connectivity index (χ0n) is 10.7. The molecule has 1 aromatic heterocycles. The Morgan fingerprint density at radius 3 is 2.40 bits per heavy atom. The molecule has 3 rings (SSSR count). The minimum atomic E-state index is -1.44. The molecular weight excluding hydrogens is 262 g/mol. The molecule has 2 aromatic carbocycles. The van der Waals surface area contributed by atoms with E-state index in [2.05, 4.69) is 5.10 Å². The Labute approximate surface area is 114 Å². The standard InChI is InChI=1S/C15H12F2N2O/c1-19-12-8-3-2-5-9(12)14(18-19)15(20)13-10(16)6-4-7-11(13)17/h2-8,15,20H,1H3. The predicted octanol–water partition coefficient (Wildman–Crippen LogP) is 2.93. The first kappa shape index (κ1) is 12.7. The summed E-state index contributed by atoms with van der Waals surface area (Å²) in [5, 5.41) is 15.2. The van der Waals surface area contributed by atoms with Crippen molar-refractivity contribution in [2.24, 2.45) is 7.05 Å². The largest absolute Gasteiger partial charge is 0.382 e. The van der Waals surface area contributed by atoms with Gasteiger partial charge in [-0.2, -0.15) is 5.10 Å². The molecule has 5 heteroatoms. The summed E-state index contributed by atoms with van der Waals surface area (Å²) in [6, 6.07) is 10.7. The van der Waals surface area contributed by atoms with Gasteiger partial charge in [0.1, 0.15) is 23.4 Å². The minimum absolute atomic E-state index is 0.243. The lowest BCUT2D eigenvalue weighted by molar-refractivity contribution is 0.204. The second-order valence-corrected chi connectivity index (χ2v) is 4.56. The van der Waals surface area contributed by atoms with Crippen molar-refractivity contribution in [2.75, 3.05) is 0 Å². The molecule has 1 unspecified atom stereocenters. The Hall–Kier alpha value is -2.27. The SMILES string of the molecule is Cn1nc(C(O)c2c(F)cccc2F)c2ccccc21. The highest BCUT2D eigenvalue weighted by Crippen LogP contribution is 2.30. The summed E-state index contributed by atoms with van der Waals surface area (Å²) in [4.78, 5) is 0. The lowest BCUT2D eigenvalue weighted by atomic mass is 10.0. The van der Waals surface area contributed by atoms with Gasteiger partial charge in [-0.3, -0.25) is 4.68 Å². The Balaban J connectivity index is 2.21. The van der Waals surface area contributed by atoms with Crippen LogP contribution in [-0.2, 0) is 7.05 Å². The van der Waals surface area contributed by atoms with Gasteiger partial charge in [-0.05, 0) is 18.2 Å². The second kappa shape index (κ2) is 4.68. The molecule has 0 spiro atoms. The molecule has 0 amide bonds.